The number of anilines is 1. The molecule has 0 fully saturated rings. The zero-order chi connectivity index (χ0) is 18.5. The summed E-state index contributed by atoms with van der Waals surface area (Å²) in [5.41, 5.74) is 1.95. The van der Waals surface area contributed by atoms with E-state index in [1.165, 1.54) is 19.2 Å². The number of amidine groups is 1. The van der Waals surface area contributed by atoms with Crippen molar-refractivity contribution in [1.82, 2.24) is 15.6 Å². The molecule has 3 rings (SSSR count). The Kier molecular flexibility index (Phi) is 5.63. The number of nitrogens with zero attached hydrogens (tertiary/aromatic N) is 4. The monoisotopic (exact) mass is 384 g/mol. The quantitative estimate of drug-likeness (QED) is 0.182. The standard InChI is InChI=1S/C14H17FN6O4S/c1-24-21-26(23)5-4-16-13-12(19-25-20-13)14(18-22)17-11-6-8-2-3-9(15)7-10(8)11/h2-3,7,11,22,26H,4-6H2,1H3,(H,16,20)(H,17,18). The lowest BCUT2D eigenvalue weighted by Crippen LogP contribution is -2.37. The van der Waals surface area contributed by atoms with Gasteiger partial charge in [-0.2, -0.15) is 0 Å². The van der Waals surface area contributed by atoms with Crippen molar-refractivity contribution in [3.63, 3.8) is 0 Å². The molecule has 10 nitrogen and oxygen atoms in total. The molecule has 0 bridgehead atoms. The van der Waals surface area contributed by atoms with Gasteiger partial charge in [0.25, 0.3) is 0 Å². The molecular formula is C14H17FN6O4S. The predicted octanol–water partition coefficient (Wildman–Crippen LogP) is 0.869. The summed E-state index contributed by atoms with van der Waals surface area (Å²) in [7, 11) is -0.530. The van der Waals surface area contributed by atoms with E-state index in [-0.39, 0.29) is 41.5 Å². The maximum atomic E-state index is 13.4. The molecular weight excluding hydrogens is 367 g/mol. The van der Waals surface area contributed by atoms with Gasteiger partial charge in [-0.3, -0.25) is 4.21 Å². The Morgan fingerprint density at radius 1 is 1.54 bits per heavy atom. The first kappa shape index (κ1) is 18.1. The van der Waals surface area contributed by atoms with E-state index >= 15 is 0 Å². The maximum Gasteiger partial charge on any atom is 0.202 e. The molecule has 0 aliphatic heterocycles. The average molecular weight is 384 g/mol. The number of hydrogen-bond donors (Lipinski definition) is 4. The van der Waals surface area contributed by atoms with Crippen LogP contribution in [0.3, 0.4) is 0 Å². The molecule has 1 heterocycles. The third-order valence-electron chi connectivity index (χ3n) is 3.80. The van der Waals surface area contributed by atoms with Gasteiger partial charge in [0.05, 0.1) is 23.7 Å². The van der Waals surface area contributed by atoms with Crippen LogP contribution in [0.4, 0.5) is 10.2 Å². The fourth-order valence-electron chi connectivity index (χ4n) is 2.58. The highest BCUT2D eigenvalue weighted by Crippen LogP contribution is 2.33. The third-order valence-corrected chi connectivity index (χ3v) is 4.75. The smallest absolute Gasteiger partial charge is 0.202 e. The van der Waals surface area contributed by atoms with Crippen LogP contribution in [-0.2, 0) is 21.9 Å². The fourth-order valence-corrected chi connectivity index (χ4v) is 3.14. The van der Waals surface area contributed by atoms with Crippen molar-refractivity contribution in [2.24, 2.45) is 9.68 Å². The Bertz CT molecular complexity index is 895. The second-order valence-electron chi connectivity index (χ2n) is 5.42. The molecule has 140 valence electrons. The average Bonchev–Trinajstić information content (AvgIpc) is 3.06. The van der Waals surface area contributed by atoms with Crippen LogP contribution in [0.5, 0.6) is 0 Å². The molecule has 2 atom stereocenters. The molecule has 12 heteroatoms. The largest absolute Gasteiger partial charge is 0.409 e. The van der Waals surface area contributed by atoms with Gasteiger partial charge in [-0.15, -0.1) is 0 Å². The maximum absolute atomic E-state index is 13.4. The van der Waals surface area contributed by atoms with Gasteiger partial charge in [0.15, 0.2) is 11.5 Å². The molecule has 0 radical (unpaired) electrons. The topological polar surface area (TPSA) is 134 Å². The SMILES string of the molecule is CO/N=[SH](=O)/CCNc1nonc1/C(=N/O)NC1Cc2ccc(F)cc21. The second-order valence-corrected chi connectivity index (χ2v) is 6.74. The van der Waals surface area contributed by atoms with Crippen LogP contribution in [-0.4, -0.2) is 45.0 Å². The summed E-state index contributed by atoms with van der Waals surface area (Å²) in [6, 6.07) is 4.34. The highest BCUT2D eigenvalue weighted by molar-refractivity contribution is 7.74. The van der Waals surface area contributed by atoms with Crippen LogP contribution in [0.15, 0.2) is 32.5 Å². The summed E-state index contributed by atoms with van der Waals surface area (Å²) < 4.78 is 32.9. The molecule has 2 aromatic rings. The highest BCUT2D eigenvalue weighted by Gasteiger charge is 2.29. The van der Waals surface area contributed by atoms with E-state index in [1.54, 1.807) is 6.07 Å². The molecule has 1 aliphatic carbocycles. The number of fused-ring (bicyclic) bond motifs is 1. The molecule has 0 amide bonds. The van der Waals surface area contributed by atoms with Gasteiger partial charge < -0.3 is 15.8 Å². The van der Waals surface area contributed by atoms with Gasteiger partial charge in [-0.1, -0.05) is 15.7 Å². The van der Waals surface area contributed by atoms with E-state index in [4.69, 9.17) is 0 Å². The number of aromatic nitrogens is 2. The minimum Gasteiger partial charge on any atom is -0.409 e. The number of hydrogen-bond acceptors (Lipinski definition) is 9. The van der Waals surface area contributed by atoms with Gasteiger partial charge >= 0.3 is 0 Å². The molecule has 0 saturated heterocycles. The number of thiol groups is 1. The molecule has 2 unspecified atom stereocenters. The van der Waals surface area contributed by atoms with Crippen LogP contribution in [0.1, 0.15) is 22.9 Å². The minimum atomic E-state index is -1.85. The number of benzene rings is 1. The second kappa shape index (κ2) is 8.10. The van der Waals surface area contributed by atoms with Crippen molar-refractivity contribution < 1.29 is 23.3 Å². The zero-order valence-electron chi connectivity index (χ0n) is 13.7. The highest BCUT2D eigenvalue weighted by atomic mass is 32.2. The number of oxime groups is 1. The molecule has 1 aromatic heterocycles. The normalized spacial score (nSPS) is 17.5. The fraction of sp³-hybridized carbons (Fsp3) is 0.357. The van der Waals surface area contributed by atoms with Gasteiger partial charge in [0.1, 0.15) is 5.82 Å². The Morgan fingerprint density at radius 2 is 2.38 bits per heavy atom. The lowest BCUT2D eigenvalue weighted by atomic mass is 9.83. The number of rotatable bonds is 7. The van der Waals surface area contributed by atoms with Crippen molar-refractivity contribution in [1.29, 1.82) is 0 Å². The van der Waals surface area contributed by atoms with Crippen molar-refractivity contribution >= 4 is 22.2 Å². The first-order chi connectivity index (χ1) is 12.6. The van der Waals surface area contributed by atoms with Gasteiger partial charge in [0, 0.05) is 12.3 Å². The van der Waals surface area contributed by atoms with Crippen molar-refractivity contribution in [3.8, 4) is 0 Å². The molecule has 1 aliphatic rings. The molecule has 1 aromatic carbocycles. The summed E-state index contributed by atoms with van der Waals surface area (Å²) >= 11 is 0. The minimum absolute atomic E-state index is 0.0274. The van der Waals surface area contributed by atoms with Crippen molar-refractivity contribution in [2.45, 2.75) is 12.5 Å². The summed E-state index contributed by atoms with van der Waals surface area (Å²) in [4.78, 5) is 4.45. The lowest BCUT2D eigenvalue weighted by molar-refractivity contribution is 0.219. The Labute approximate surface area is 149 Å². The Morgan fingerprint density at radius 3 is 3.15 bits per heavy atom. The van der Waals surface area contributed by atoms with Gasteiger partial charge in [0.2, 0.25) is 5.82 Å². The third kappa shape index (κ3) is 3.91. The zero-order valence-corrected chi connectivity index (χ0v) is 14.6. The van der Waals surface area contributed by atoms with E-state index in [2.05, 4.69) is 40.1 Å². The summed E-state index contributed by atoms with van der Waals surface area (Å²) in [5, 5.41) is 25.8. The summed E-state index contributed by atoms with van der Waals surface area (Å²) in [5.74, 6) is 0.118. The van der Waals surface area contributed by atoms with E-state index in [1.807, 2.05) is 0 Å². The van der Waals surface area contributed by atoms with Crippen LogP contribution >= 0.6 is 0 Å². The van der Waals surface area contributed by atoms with Crippen LogP contribution in [0.2, 0.25) is 0 Å². The van der Waals surface area contributed by atoms with Crippen LogP contribution in [0.25, 0.3) is 0 Å². The lowest BCUT2D eigenvalue weighted by Gasteiger charge is -2.31. The number of halogens is 1. The van der Waals surface area contributed by atoms with Crippen molar-refractivity contribution in [3.05, 3.63) is 40.8 Å². The molecule has 0 saturated carbocycles. The first-order valence-electron chi connectivity index (χ1n) is 7.65. The Balaban J connectivity index is 1.66. The molecule has 26 heavy (non-hydrogen) atoms. The van der Waals surface area contributed by atoms with E-state index < -0.39 is 10.6 Å². The van der Waals surface area contributed by atoms with Crippen molar-refractivity contribution in [2.75, 3.05) is 24.7 Å². The number of nitrogens with one attached hydrogen (secondary N) is 2. The van der Waals surface area contributed by atoms with Crippen LogP contribution < -0.4 is 10.6 Å². The predicted molar refractivity (Wildman–Crippen MR) is 90.9 cm³/mol. The summed E-state index contributed by atoms with van der Waals surface area (Å²) in [6.07, 6.45) is 0.654. The van der Waals surface area contributed by atoms with E-state index in [0.29, 0.717) is 6.42 Å². The molecule has 0 spiro atoms. The van der Waals surface area contributed by atoms with Gasteiger partial charge in [-0.05, 0) is 40.0 Å². The first-order valence-corrected chi connectivity index (χ1v) is 9.04. The van der Waals surface area contributed by atoms with Crippen LogP contribution in [0, 0.1) is 5.82 Å². The van der Waals surface area contributed by atoms with E-state index in [9.17, 15) is 13.8 Å². The molecule has 3 N–H and O–H groups in total. The summed E-state index contributed by atoms with van der Waals surface area (Å²) in [6.45, 7) is 0.263. The van der Waals surface area contributed by atoms with Gasteiger partial charge in [-0.25, -0.2) is 13.9 Å². The Hall–Kier alpha value is -2.73. The van der Waals surface area contributed by atoms with E-state index in [0.717, 1.165) is 11.1 Å².